The summed E-state index contributed by atoms with van der Waals surface area (Å²) in [4.78, 5) is 0. The first-order chi connectivity index (χ1) is 9.33. The second-order valence-corrected chi connectivity index (χ2v) is 5.14. The molecule has 1 atom stereocenters. The van der Waals surface area contributed by atoms with Gasteiger partial charge >= 0.3 is 0 Å². The minimum Gasteiger partial charge on any atom is -0.496 e. The number of thioether (sulfide) groups is 1. The number of aromatic nitrogens is 3. The molecule has 6 heteroatoms. The van der Waals surface area contributed by atoms with Crippen molar-refractivity contribution in [1.82, 2.24) is 14.9 Å². The molecule has 2 heterocycles. The van der Waals surface area contributed by atoms with Gasteiger partial charge in [0.15, 0.2) is 5.82 Å². The first kappa shape index (κ1) is 12.1. The fraction of sp³-hybridized carbons (Fsp3) is 0.231. The summed E-state index contributed by atoms with van der Waals surface area (Å²) in [5.74, 6) is 1.56. The number of nitrogens with zero attached hydrogens (tertiary/aromatic N) is 3. The van der Waals surface area contributed by atoms with Crippen LogP contribution in [0.4, 0.5) is 0 Å². The third kappa shape index (κ3) is 2.08. The number of hydrogen-bond acceptors (Lipinski definition) is 5. The predicted molar refractivity (Wildman–Crippen MR) is 75.8 cm³/mol. The quantitative estimate of drug-likeness (QED) is 0.872. The number of nitrogens with one attached hydrogen (secondary N) is 1. The summed E-state index contributed by atoms with van der Waals surface area (Å²) in [6.45, 7) is 2.00. The van der Waals surface area contributed by atoms with E-state index in [0.717, 1.165) is 22.3 Å². The average molecular weight is 274 g/mol. The lowest BCUT2D eigenvalue weighted by molar-refractivity contribution is 0.416. The first-order valence-electron chi connectivity index (χ1n) is 5.98. The zero-order valence-electron chi connectivity index (χ0n) is 10.7. The summed E-state index contributed by atoms with van der Waals surface area (Å²) >= 11 is 1.64. The summed E-state index contributed by atoms with van der Waals surface area (Å²) in [5, 5.41) is 9.50. The molecule has 0 saturated carbocycles. The maximum Gasteiger partial charge on any atom is 0.212 e. The summed E-state index contributed by atoms with van der Waals surface area (Å²) in [6, 6.07) is 7.80. The van der Waals surface area contributed by atoms with Crippen LogP contribution in [0.5, 0.6) is 5.75 Å². The molecule has 19 heavy (non-hydrogen) atoms. The molecule has 1 aliphatic heterocycles. The van der Waals surface area contributed by atoms with E-state index >= 15 is 0 Å². The van der Waals surface area contributed by atoms with Gasteiger partial charge in [-0.3, -0.25) is 0 Å². The Morgan fingerprint density at radius 2 is 2.21 bits per heavy atom. The van der Waals surface area contributed by atoms with Crippen molar-refractivity contribution in [2.24, 2.45) is 0 Å². The Labute approximate surface area is 115 Å². The molecule has 0 bridgehead atoms. The van der Waals surface area contributed by atoms with Crippen LogP contribution < -0.4 is 10.2 Å². The van der Waals surface area contributed by atoms with Gasteiger partial charge in [0.1, 0.15) is 11.1 Å². The maximum absolute atomic E-state index is 5.37. The SMILES string of the molecule is CC=C[C@@H]1Nn2c(nnc2-c2ccccc2OC)S1. The fourth-order valence-electron chi connectivity index (χ4n) is 1.99. The van der Waals surface area contributed by atoms with Crippen LogP contribution in [0, 0.1) is 0 Å². The fourth-order valence-corrected chi connectivity index (χ4v) is 2.94. The molecule has 0 spiro atoms. The van der Waals surface area contributed by atoms with E-state index in [1.54, 1.807) is 18.9 Å². The van der Waals surface area contributed by atoms with Gasteiger partial charge in [-0.25, -0.2) is 4.68 Å². The minimum absolute atomic E-state index is 0.198. The molecule has 0 radical (unpaired) electrons. The largest absolute Gasteiger partial charge is 0.496 e. The van der Waals surface area contributed by atoms with Gasteiger partial charge in [0.05, 0.1) is 12.7 Å². The zero-order chi connectivity index (χ0) is 13.2. The number of hydrogen-bond donors (Lipinski definition) is 1. The monoisotopic (exact) mass is 274 g/mol. The van der Waals surface area contributed by atoms with Crippen molar-refractivity contribution in [3.05, 3.63) is 36.4 Å². The van der Waals surface area contributed by atoms with Gasteiger partial charge in [0.2, 0.25) is 5.16 Å². The number of ether oxygens (including phenoxy) is 1. The van der Waals surface area contributed by atoms with Crippen molar-refractivity contribution < 1.29 is 4.74 Å². The zero-order valence-corrected chi connectivity index (χ0v) is 11.5. The summed E-state index contributed by atoms with van der Waals surface area (Å²) in [7, 11) is 1.66. The van der Waals surface area contributed by atoms with Crippen molar-refractivity contribution in [3.63, 3.8) is 0 Å². The number of benzene rings is 1. The van der Waals surface area contributed by atoms with E-state index in [2.05, 4.69) is 21.7 Å². The van der Waals surface area contributed by atoms with E-state index in [9.17, 15) is 0 Å². The topological polar surface area (TPSA) is 52.0 Å². The van der Waals surface area contributed by atoms with Crippen molar-refractivity contribution in [2.45, 2.75) is 17.5 Å². The van der Waals surface area contributed by atoms with Gasteiger partial charge in [-0.1, -0.05) is 36.0 Å². The van der Waals surface area contributed by atoms with E-state index in [1.807, 2.05) is 41.9 Å². The molecular formula is C13H14N4OS. The molecule has 1 N–H and O–H groups in total. The smallest absolute Gasteiger partial charge is 0.212 e. The Morgan fingerprint density at radius 1 is 1.37 bits per heavy atom. The Morgan fingerprint density at radius 3 is 3.00 bits per heavy atom. The Bertz CT molecular complexity index is 623. The second-order valence-electron chi connectivity index (χ2n) is 4.04. The molecule has 3 rings (SSSR count). The lowest BCUT2D eigenvalue weighted by Crippen LogP contribution is -2.17. The van der Waals surface area contributed by atoms with Crippen molar-refractivity contribution >= 4 is 11.8 Å². The molecule has 1 aliphatic rings. The van der Waals surface area contributed by atoms with Gasteiger partial charge in [0.25, 0.3) is 0 Å². The van der Waals surface area contributed by atoms with Crippen LogP contribution in [0.25, 0.3) is 11.4 Å². The van der Waals surface area contributed by atoms with Crippen LogP contribution in [-0.4, -0.2) is 27.4 Å². The predicted octanol–water partition coefficient (Wildman–Crippen LogP) is 2.51. The maximum atomic E-state index is 5.37. The minimum atomic E-state index is 0.198. The third-order valence-corrected chi connectivity index (χ3v) is 3.83. The molecule has 98 valence electrons. The van der Waals surface area contributed by atoms with E-state index in [-0.39, 0.29) is 5.37 Å². The Kier molecular flexibility index (Phi) is 3.16. The summed E-state index contributed by atoms with van der Waals surface area (Å²) < 4.78 is 7.28. The van der Waals surface area contributed by atoms with Crippen molar-refractivity contribution in [2.75, 3.05) is 12.5 Å². The van der Waals surface area contributed by atoms with Gasteiger partial charge < -0.3 is 10.2 Å². The Hall–Kier alpha value is -1.95. The molecule has 0 unspecified atom stereocenters. The highest BCUT2D eigenvalue weighted by atomic mass is 32.2. The van der Waals surface area contributed by atoms with Crippen LogP contribution in [0.1, 0.15) is 6.92 Å². The standard InChI is InChI=1S/C13H14N4OS/c1-3-6-11-16-17-12(14-15-13(17)19-11)9-7-4-5-8-10(9)18-2/h3-8,11,16H,1-2H3/t11-/m1/s1. The average Bonchev–Trinajstić information content (AvgIpc) is 2.99. The van der Waals surface area contributed by atoms with Gasteiger partial charge in [-0.2, -0.15) is 0 Å². The highest BCUT2D eigenvalue weighted by molar-refractivity contribution is 8.00. The highest BCUT2D eigenvalue weighted by Gasteiger charge is 2.26. The number of allylic oxidation sites excluding steroid dienone is 1. The van der Waals surface area contributed by atoms with Gasteiger partial charge in [-0.05, 0) is 19.1 Å². The van der Waals surface area contributed by atoms with Crippen LogP contribution in [0.15, 0.2) is 41.6 Å². The Balaban J connectivity index is 2.01. The first-order valence-corrected chi connectivity index (χ1v) is 6.86. The molecule has 0 fully saturated rings. The lowest BCUT2D eigenvalue weighted by atomic mass is 10.2. The lowest BCUT2D eigenvalue weighted by Gasteiger charge is -2.10. The molecule has 0 saturated heterocycles. The summed E-state index contributed by atoms with van der Waals surface area (Å²) in [6.07, 6.45) is 4.11. The van der Waals surface area contributed by atoms with Crippen molar-refractivity contribution in [1.29, 1.82) is 0 Å². The van der Waals surface area contributed by atoms with Crippen molar-refractivity contribution in [3.8, 4) is 17.1 Å². The molecule has 5 nitrogen and oxygen atoms in total. The van der Waals surface area contributed by atoms with Crippen LogP contribution in [0.2, 0.25) is 0 Å². The van der Waals surface area contributed by atoms with Crippen LogP contribution >= 0.6 is 11.8 Å². The molecular weight excluding hydrogens is 260 g/mol. The normalized spacial score (nSPS) is 17.5. The molecule has 2 aromatic rings. The van der Waals surface area contributed by atoms with Crippen LogP contribution in [-0.2, 0) is 0 Å². The molecule has 1 aromatic carbocycles. The third-order valence-electron chi connectivity index (χ3n) is 2.84. The number of methoxy groups -OCH3 is 1. The second kappa shape index (κ2) is 4.97. The van der Waals surface area contributed by atoms with E-state index in [0.29, 0.717) is 0 Å². The summed E-state index contributed by atoms with van der Waals surface area (Å²) in [5.41, 5.74) is 4.27. The van der Waals surface area contributed by atoms with Crippen LogP contribution in [0.3, 0.4) is 0 Å². The van der Waals surface area contributed by atoms with Gasteiger partial charge in [0, 0.05) is 0 Å². The number of para-hydroxylation sites is 1. The van der Waals surface area contributed by atoms with E-state index in [1.165, 1.54) is 0 Å². The number of fused-ring (bicyclic) bond motifs is 1. The number of rotatable bonds is 3. The van der Waals surface area contributed by atoms with Gasteiger partial charge in [-0.15, -0.1) is 10.2 Å². The van der Waals surface area contributed by atoms with E-state index < -0.39 is 0 Å². The molecule has 0 amide bonds. The van der Waals surface area contributed by atoms with E-state index in [4.69, 9.17) is 4.74 Å². The molecule has 1 aromatic heterocycles. The highest BCUT2D eigenvalue weighted by Crippen LogP contribution is 2.34. The molecule has 0 aliphatic carbocycles.